The SMILES string of the molecule is CCNC(=O)[C@@H](C)N(Cc1ccc(F)cc1)C(=O)CN(c1cccc(OC)c1)S(C)(=O)=O. The van der Waals surface area contributed by atoms with E-state index in [4.69, 9.17) is 4.74 Å². The number of hydrogen-bond donors (Lipinski definition) is 1. The van der Waals surface area contributed by atoms with Crippen molar-refractivity contribution in [3.05, 3.63) is 59.9 Å². The van der Waals surface area contributed by atoms with Crippen LogP contribution in [0.3, 0.4) is 0 Å². The summed E-state index contributed by atoms with van der Waals surface area (Å²) in [4.78, 5) is 27.0. The van der Waals surface area contributed by atoms with E-state index in [9.17, 15) is 22.4 Å². The van der Waals surface area contributed by atoms with E-state index in [1.165, 1.54) is 42.3 Å². The highest BCUT2D eigenvalue weighted by molar-refractivity contribution is 7.92. The number of halogens is 1. The maximum atomic E-state index is 13.3. The first-order valence-corrected chi connectivity index (χ1v) is 11.8. The highest BCUT2D eigenvalue weighted by Crippen LogP contribution is 2.23. The second-order valence-electron chi connectivity index (χ2n) is 7.19. The van der Waals surface area contributed by atoms with E-state index in [0.717, 1.165) is 10.6 Å². The van der Waals surface area contributed by atoms with Crippen LogP contribution in [0, 0.1) is 5.82 Å². The Labute approximate surface area is 188 Å². The molecule has 2 aromatic rings. The molecule has 0 saturated heterocycles. The first-order chi connectivity index (χ1) is 15.1. The summed E-state index contributed by atoms with van der Waals surface area (Å²) < 4.78 is 44.4. The summed E-state index contributed by atoms with van der Waals surface area (Å²) in [6, 6.07) is 11.0. The average molecular weight is 466 g/mol. The Morgan fingerprint density at radius 2 is 1.81 bits per heavy atom. The van der Waals surface area contributed by atoms with Gasteiger partial charge in [-0.3, -0.25) is 13.9 Å². The third kappa shape index (κ3) is 6.68. The van der Waals surface area contributed by atoms with Gasteiger partial charge in [-0.15, -0.1) is 0 Å². The summed E-state index contributed by atoms with van der Waals surface area (Å²) in [5.74, 6) is -0.955. The van der Waals surface area contributed by atoms with Crippen molar-refractivity contribution in [2.75, 3.05) is 30.8 Å². The van der Waals surface area contributed by atoms with Gasteiger partial charge in [0.15, 0.2) is 0 Å². The molecule has 0 fully saturated rings. The van der Waals surface area contributed by atoms with Gasteiger partial charge in [0.25, 0.3) is 0 Å². The van der Waals surface area contributed by atoms with Crippen LogP contribution in [0.1, 0.15) is 19.4 Å². The minimum absolute atomic E-state index is 0.00707. The van der Waals surface area contributed by atoms with Crippen molar-refractivity contribution >= 4 is 27.5 Å². The standard InChI is InChI=1S/C22H28FN3O5S/c1-5-24-22(28)16(2)25(14-17-9-11-18(23)12-10-17)21(27)15-26(32(4,29)30)19-7-6-8-20(13-19)31-3/h6-13,16H,5,14-15H2,1-4H3,(H,24,28)/t16-/m1/s1. The molecular weight excluding hydrogens is 437 g/mol. The van der Waals surface area contributed by atoms with Crippen molar-refractivity contribution in [1.82, 2.24) is 10.2 Å². The third-order valence-electron chi connectivity index (χ3n) is 4.80. The second-order valence-corrected chi connectivity index (χ2v) is 9.10. The average Bonchev–Trinajstić information content (AvgIpc) is 2.75. The fraction of sp³-hybridized carbons (Fsp3) is 0.364. The molecule has 1 N–H and O–H groups in total. The molecule has 0 saturated carbocycles. The summed E-state index contributed by atoms with van der Waals surface area (Å²) in [6.45, 7) is 3.18. The molecule has 0 bridgehead atoms. The molecule has 0 radical (unpaired) electrons. The maximum absolute atomic E-state index is 13.3. The molecule has 0 unspecified atom stereocenters. The number of anilines is 1. The summed E-state index contributed by atoms with van der Waals surface area (Å²) in [5.41, 5.74) is 0.857. The van der Waals surface area contributed by atoms with Crippen LogP contribution in [0.2, 0.25) is 0 Å². The number of carbonyl (C=O) groups is 2. The second kappa shape index (κ2) is 10.9. The molecule has 2 amide bonds. The zero-order valence-corrected chi connectivity index (χ0v) is 19.4. The Balaban J connectivity index is 2.38. The van der Waals surface area contributed by atoms with Gasteiger partial charge in [-0.05, 0) is 43.7 Å². The van der Waals surface area contributed by atoms with Crippen LogP contribution in [0.25, 0.3) is 0 Å². The van der Waals surface area contributed by atoms with Crippen LogP contribution >= 0.6 is 0 Å². The van der Waals surface area contributed by atoms with Gasteiger partial charge in [0.2, 0.25) is 21.8 Å². The number of sulfonamides is 1. The Kier molecular flexibility index (Phi) is 8.59. The van der Waals surface area contributed by atoms with E-state index >= 15 is 0 Å². The number of carbonyl (C=O) groups excluding carboxylic acids is 2. The van der Waals surface area contributed by atoms with Gasteiger partial charge in [-0.25, -0.2) is 12.8 Å². The molecule has 0 spiro atoms. The molecule has 1 atom stereocenters. The summed E-state index contributed by atoms with van der Waals surface area (Å²) in [5, 5.41) is 2.66. The van der Waals surface area contributed by atoms with Crippen LogP contribution in [0.15, 0.2) is 48.5 Å². The largest absolute Gasteiger partial charge is 0.497 e. The number of nitrogens with zero attached hydrogens (tertiary/aromatic N) is 2. The lowest BCUT2D eigenvalue weighted by Gasteiger charge is -2.31. The number of ether oxygens (including phenoxy) is 1. The number of rotatable bonds is 10. The number of amides is 2. The van der Waals surface area contributed by atoms with E-state index in [-0.39, 0.29) is 18.1 Å². The van der Waals surface area contributed by atoms with E-state index in [1.807, 2.05) is 0 Å². The van der Waals surface area contributed by atoms with Gasteiger partial charge in [0.05, 0.1) is 19.1 Å². The van der Waals surface area contributed by atoms with Crippen LogP contribution < -0.4 is 14.4 Å². The molecule has 0 aliphatic rings. The fourth-order valence-corrected chi connectivity index (χ4v) is 3.91. The third-order valence-corrected chi connectivity index (χ3v) is 5.95. The molecule has 2 aromatic carbocycles. The van der Waals surface area contributed by atoms with Crippen molar-refractivity contribution < 1.29 is 27.1 Å². The van der Waals surface area contributed by atoms with Crippen molar-refractivity contribution in [2.24, 2.45) is 0 Å². The van der Waals surface area contributed by atoms with Gasteiger partial charge in [0, 0.05) is 19.2 Å². The zero-order valence-electron chi connectivity index (χ0n) is 18.5. The quantitative estimate of drug-likeness (QED) is 0.580. The minimum Gasteiger partial charge on any atom is -0.497 e. The fourth-order valence-electron chi connectivity index (χ4n) is 3.07. The number of hydrogen-bond acceptors (Lipinski definition) is 5. The van der Waals surface area contributed by atoms with Crippen LogP contribution in [0.4, 0.5) is 10.1 Å². The number of nitrogens with one attached hydrogen (secondary N) is 1. The van der Waals surface area contributed by atoms with Crippen LogP contribution in [-0.2, 0) is 26.2 Å². The summed E-state index contributed by atoms with van der Waals surface area (Å²) in [7, 11) is -2.37. The Morgan fingerprint density at radius 1 is 1.16 bits per heavy atom. The van der Waals surface area contributed by atoms with Crippen molar-refractivity contribution in [2.45, 2.75) is 26.4 Å². The summed E-state index contributed by atoms with van der Waals surface area (Å²) in [6.07, 6.45) is 0.997. The molecule has 0 aromatic heterocycles. The number of likely N-dealkylation sites (N-methyl/N-ethyl adjacent to an activating group) is 1. The monoisotopic (exact) mass is 465 g/mol. The lowest BCUT2D eigenvalue weighted by molar-refractivity contribution is -0.139. The van der Waals surface area contributed by atoms with E-state index in [2.05, 4.69) is 5.32 Å². The van der Waals surface area contributed by atoms with Crippen molar-refractivity contribution in [3.63, 3.8) is 0 Å². The lowest BCUT2D eigenvalue weighted by Crippen LogP contribution is -2.51. The molecule has 10 heteroatoms. The Bertz CT molecular complexity index is 1040. The van der Waals surface area contributed by atoms with Gasteiger partial charge >= 0.3 is 0 Å². The Morgan fingerprint density at radius 3 is 2.38 bits per heavy atom. The van der Waals surface area contributed by atoms with Crippen LogP contribution in [0.5, 0.6) is 5.75 Å². The van der Waals surface area contributed by atoms with Crippen molar-refractivity contribution in [1.29, 1.82) is 0 Å². The normalized spacial score (nSPS) is 12.0. The lowest BCUT2D eigenvalue weighted by atomic mass is 10.1. The van der Waals surface area contributed by atoms with E-state index in [1.54, 1.807) is 32.0 Å². The molecule has 32 heavy (non-hydrogen) atoms. The first-order valence-electron chi connectivity index (χ1n) is 10.00. The molecule has 8 nitrogen and oxygen atoms in total. The predicted molar refractivity (Wildman–Crippen MR) is 120 cm³/mol. The maximum Gasteiger partial charge on any atom is 0.244 e. The van der Waals surface area contributed by atoms with Crippen molar-refractivity contribution in [3.8, 4) is 5.75 Å². The predicted octanol–water partition coefficient (Wildman–Crippen LogP) is 2.15. The topological polar surface area (TPSA) is 96.0 Å². The first kappa shape index (κ1) is 25.1. The van der Waals surface area contributed by atoms with Gasteiger partial charge in [-0.1, -0.05) is 18.2 Å². The molecule has 0 aliphatic carbocycles. The van der Waals surface area contributed by atoms with Gasteiger partial charge in [0.1, 0.15) is 24.2 Å². The molecular formula is C22H28FN3O5S. The number of methoxy groups -OCH3 is 1. The summed E-state index contributed by atoms with van der Waals surface area (Å²) >= 11 is 0. The van der Waals surface area contributed by atoms with Gasteiger partial charge in [-0.2, -0.15) is 0 Å². The molecule has 0 aliphatic heterocycles. The highest BCUT2D eigenvalue weighted by atomic mass is 32.2. The molecule has 0 heterocycles. The van der Waals surface area contributed by atoms with E-state index in [0.29, 0.717) is 17.9 Å². The molecule has 2 rings (SSSR count). The molecule has 174 valence electrons. The Hall–Kier alpha value is -3.14. The number of benzene rings is 2. The van der Waals surface area contributed by atoms with Gasteiger partial charge < -0.3 is 15.0 Å². The smallest absolute Gasteiger partial charge is 0.244 e. The minimum atomic E-state index is -3.83. The zero-order chi connectivity index (χ0) is 23.9. The van der Waals surface area contributed by atoms with Crippen LogP contribution in [-0.4, -0.2) is 57.6 Å². The highest BCUT2D eigenvalue weighted by Gasteiger charge is 2.30. The van der Waals surface area contributed by atoms with E-state index < -0.39 is 34.3 Å².